The first-order valence-electron chi connectivity index (χ1n) is 13.9. The molecule has 2 aliphatic heterocycles. The van der Waals surface area contributed by atoms with Crippen molar-refractivity contribution in [3.8, 4) is 6.07 Å². The third-order valence-corrected chi connectivity index (χ3v) is 9.13. The van der Waals surface area contributed by atoms with Crippen LogP contribution in [-0.2, 0) is 11.2 Å². The van der Waals surface area contributed by atoms with Crippen molar-refractivity contribution in [1.82, 2.24) is 15.1 Å². The van der Waals surface area contributed by atoms with Gasteiger partial charge in [-0.15, -0.1) is 0 Å². The van der Waals surface area contributed by atoms with Crippen LogP contribution in [-0.4, -0.2) is 65.8 Å². The molecule has 2 saturated heterocycles. The van der Waals surface area contributed by atoms with Gasteiger partial charge in [0.25, 0.3) is 5.92 Å². The maximum atomic E-state index is 15.1. The van der Waals surface area contributed by atoms with Crippen molar-refractivity contribution in [3.05, 3.63) is 35.9 Å². The van der Waals surface area contributed by atoms with Gasteiger partial charge in [0.05, 0.1) is 17.5 Å². The minimum Gasteiger partial charge on any atom is -0.328 e. The molecule has 1 aromatic carbocycles. The lowest BCUT2D eigenvalue weighted by Crippen LogP contribution is -2.54. The summed E-state index contributed by atoms with van der Waals surface area (Å²) in [5.41, 5.74) is 0.00198. The van der Waals surface area contributed by atoms with E-state index >= 15 is 8.78 Å². The number of benzene rings is 1. The van der Waals surface area contributed by atoms with Gasteiger partial charge in [0.2, 0.25) is 0 Å². The summed E-state index contributed by atoms with van der Waals surface area (Å²) in [6.45, 7) is 3.42. The van der Waals surface area contributed by atoms with E-state index in [2.05, 4.69) is 16.3 Å². The lowest BCUT2D eigenvalue weighted by atomic mass is 9.71. The Kier molecular flexibility index (Phi) is 7.28. The molecule has 0 aromatic heterocycles. The molecule has 0 radical (unpaired) electrons. The molecule has 4 aliphatic rings. The minimum absolute atomic E-state index is 0.0868. The molecular weight excluding hydrogens is 474 g/mol. The topological polar surface area (TPSA) is 76.4 Å². The first kappa shape index (κ1) is 26.1. The zero-order valence-electron chi connectivity index (χ0n) is 21.6. The van der Waals surface area contributed by atoms with E-state index in [1.54, 1.807) is 35.2 Å². The van der Waals surface area contributed by atoms with Gasteiger partial charge in [-0.2, -0.15) is 5.26 Å². The number of carbonyl (C=O) groups is 2. The molecule has 6 nitrogen and oxygen atoms in total. The van der Waals surface area contributed by atoms with Crippen LogP contribution < -0.4 is 5.32 Å². The molecule has 37 heavy (non-hydrogen) atoms. The summed E-state index contributed by atoms with van der Waals surface area (Å²) in [7, 11) is 0. The number of ketones is 1. The van der Waals surface area contributed by atoms with Gasteiger partial charge in [0.15, 0.2) is 5.78 Å². The zero-order valence-corrected chi connectivity index (χ0v) is 21.6. The minimum atomic E-state index is -3.17. The normalized spacial score (nSPS) is 23.8. The maximum absolute atomic E-state index is 15.1. The predicted molar refractivity (Wildman–Crippen MR) is 136 cm³/mol. The fraction of sp³-hybridized carbons (Fsp3) is 0.690. The van der Waals surface area contributed by atoms with Crippen LogP contribution in [0.3, 0.4) is 0 Å². The predicted octanol–water partition coefficient (Wildman–Crippen LogP) is 4.94. The van der Waals surface area contributed by atoms with E-state index in [1.807, 2.05) is 0 Å². The van der Waals surface area contributed by atoms with Crippen LogP contribution in [0, 0.1) is 22.2 Å². The van der Waals surface area contributed by atoms with Crippen molar-refractivity contribution in [3.63, 3.8) is 0 Å². The van der Waals surface area contributed by atoms with E-state index in [0.29, 0.717) is 31.5 Å². The average Bonchev–Trinajstić information content (AvgIpc) is 3.81. The smallest absolute Gasteiger partial charge is 0.317 e. The number of nitrogens with zero attached hydrogens (tertiary/aromatic N) is 3. The SMILES string of the molecule is N#CC1(CC(=O)[C@H](CC(F)(F)Cc2ccccc2)NC(=O)N2CCC3(CC2)CCN(C2CC2)CC3)CC1. The average molecular weight is 513 g/mol. The van der Waals surface area contributed by atoms with Crippen molar-refractivity contribution in [1.29, 1.82) is 5.26 Å². The van der Waals surface area contributed by atoms with E-state index in [1.165, 1.54) is 12.8 Å². The van der Waals surface area contributed by atoms with Gasteiger partial charge in [0, 0.05) is 38.4 Å². The molecule has 200 valence electrons. The Morgan fingerprint density at radius 1 is 1.03 bits per heavy atom. The molecule has 1 N–H and O–H groups in total. The second-order valence-corrected chi connectivity index (χ2v) is 12.0. The summed E-state index contributed by atoms with van der Waals surface area (Å²) >= 11 is 0. The number of alkyl halides is 2. The number of halogens is 2. The molecule has 4 fully saturated rings. The standard InChI is InChI=1S/C29H38F2N4O2/c30-29(31,18-22-4-2-1-3-5-22)19-24(25(36)20-28(21-32)8-9-28)33-26(37)35-16-12-27(13-17-35)10-14-34(15-11-27)23-6-7-23/h1-5,23-24H,6-20H2,(H,33,37)/t24-/m0/s1. The van der Waals surface area contributed by atoms with Crippen LogP contribution in [0.4, 0.5) is 13.6 Å². The van der Waals surface area contributed by atoms with Crippen LogP contribution >= 0.6 is 0 Å². The molecule has 0 bridgehead atoms. The Balaban J connectivity index is 1.19. The van der Waals surface area contributed by atoms with Gasteiger partial charge in [-0.3, -0.25) is 4.79 Å². The number of nitrogens with one attached hydrogen (secondary N) is 1. The van der Waals surface area contributed by atoms with Crippen LogP contribution in [0.15, 0.2) is 30.3 Å². The first-order chi connectivity index (χ1) is 17.7. The maximum Gasteiger partial charge on any atom is 0.317 e. The third-order valence-electron chi connectivity index (χ3n) is 9.13. The number of nitriles is 1. The second kappa shape index (κ2) is 10.3. The molecule has 2 heterocycles. The third kappa shape index (κ3) is 6.49. The summed E-state index contributed by atoms with van der Waals surface area (Å²) < 4.78 is 30.2. The molecule has 2 aliphatic carbocycles. The quantitative estimate of drug-likeness (QED) is 0.509. The number of piperidine rings is 2. The molecule has 5 rings (SSSR count). The number of carbonyl (C=O) groups excluding carboxylic acids is 2. The van der Waals surface area contributed by atoms with Gasteiger partial charge in [-0.1, -0.05) is 30.3 Å². The Hall–Kier alpha value is -2.53. The summed E-state index contributed by atoms with van der Waals surface area (Å²) in [6, 6.07) is 9.65. The molecule has 1 atom stereocenters. The molecule has 2 amide bonds. The monoisotopic (exact) mass is 512 g/mol. The second-order valence-electron chi connectivity index (χ2n) is 12.0. The van der Waals surface area contributed by atoms with Gasteiger partial charge in [-0.25, -0.2) is 13.6 Å². The van der Waals surface area contributed by atoms with Gasteiger partial charge >= 0.3 is 6.03 Å². The molecule has 1 aromatic rings. The van der Waals surface area contributed by atoms with Gasteiger partial charge < -0.3 is 15.1 Å². The van der Waals surface area contributed by atoms with E-state index in [0.717, 1.165) is 44.8 Å². The molecule has 8 heteroatoms. The number of hydrogen-bond acceptors (Lipinski definition) is 4. The number of rotatable bonds is 9. The lowest BCUT2D eigenvalue weighted by molar-refractivity contribution is -0.124. The molecule has 0 unspecified atom stereocenters. The number of hydrogen-bond donors (Lipinski definition) is 1. The largest absolute Gasteiger partial charge is 0.328 e. The van der Waals surface area contributed by atoms with Crippen LogP contribution in [0.1, 0.15) is 69.8 Å². The Labute approximate surface area is 218 Å². The highest BCUT2D eigenvalue weighted by molar-refractivity contribution is 5.89. The zero-order chi connectivity index (χ0) is 26.1. The van der Waals surface area contributed by atoms with E-state index in [9.17, 15) is 14.9 Å². The number of Topliss-reactive ketones (excluding diaryl/α,β-unsaturated/α-hetero) is 1. The Morgan fingerprint density at radius 2 is 1.65 bits per heavy atom. The molecule has 2 saturated carbocycles. The number of amides is 2. The number of urea groups is 1. The highest BCUT2D eigenvalue weighted by Gasteiger charge is 2.48. The van der Waals surface area contributed by atoms with Crippen LogP contribution in [0.2, 0.25) is 0 Å². The molecular formula is C29H38F2N4O2. The van der Waals surface area contributed by atoms with Crippen LogP contribution in [0.25, 0.3) is 0 Å². The van der Waals surface area contributed by atoms with E-state index < -0.39 is 42.0 Å². The Morgan fingerprint density at radius 3 is 2.22 bits per heavy atom. The lowest BCUT2D eigenvalue weighted by Gasteiger charge is -2.47. The highest BCUT2D eigenvalue weighted by Crippen LogP contribution is 2.48. The van der Waals surface area contributed by atoms with Gasteiger partial charge in [-0.05, 0) is 75.4 Å². The first-order valence-corrected chi connectivity index (χ1v) is 13.9. The fourth-order valence-corrected chi connectivity index (χ4v) is 6.17. The summed E-state index contributed by atoms with van der Waals surface area (Å²) in [5.74, 6) is -3.64. The van der Waals surface area contributed by atoms with Crippen molar-refractivity contribution < 1.29 is 18.4 Å². The fourth-order valence-electron chi connectivity index (χ4n) is 6.17. The van der Waals surface area contributed by atoms with Crippen molar-refractivity contribution in [2.45, 2.75) is 88.6 Å². The van der Waals surface area contributed by atoms with Crippen LogP contribution in [0.5, 0.6) is 0 Å². The summed E-state index contributed by atoms with van der Waals surface area (Å²) in [4.78, 5) is 30.6. The molecule has 1 spiro atoms. The van der Waals surface area contributed by atoms with Crippen molar-refractivity contribution in [2.75, 3.05) is 26.2 Å². The van der Waals surface area contributed by atoms with Crippen molar-refractivity contribution in [2.24, 2.45) is 10.8 Å². The number of likely N-dealkylation sites (tertiary alicyclic amines) is 2. The van der Waals surface area contributed by atoms with Gasteiger partial charge in [0.1, 0.15) is 0 Å². The summed E-state index contributed by atoms with van der Waals surface area (Å²) in [5, 5.41) is 12.1. The Bertz CT molecular complexity index is 1010. The highest BCUT2D eigenvalue weighted by atomic mass is 19.3. The van der Waals surface area contributed by atoms with E-state index in [4.69, 9.17) is 0 Å². The van der Waals surface area contributed by atoms with Crippen molar-refractivity contribution >= 4 is 11.8 Å². The summed E-state index contributed by atoms with van der Waals surface area (Å²) in [6.07, 6.45) is 6.63. The van der Waals surface area contributed by atoms with E-state index in [-0.39, 0.29) is 11.8 Å².